The molecule has 1 aliphatic heterocycles. The second kappa shape index (κ2) is 3.65. The van der Waals surface area contributed by atoms with Gasteiger partial charge in [-0.1, -0.05) is 0 Å². The Morgan fingerprint density at radius 2 is 2.07 bits per heavy atom. The average Bonchev–Trinajstić information content (AvgIpc) is 2.11. The molecule has 0 unspecified atom stereocenters. The molecule has 0 aromatic carbocycles. The van der Waals surface area contributed by atoms with Gasteiger partial charge >= 0.3 is 6.18 Å². The Hall–Kier alpha value is -1.37. The number of anilines is 1. The summed E-state index contributed by atoms with van der Waals surface area (Å²) in [6, 6.07) is 1.07. The zero-order chi connectivity index (χ0) is 10.9. The number of halogens is 3. The van der Waals surface area contributed by atoms with Crippen LogP contribution in [0.4, 0.5) is 19.0 Å². The Morgan fingerprint density at radius 1 is 1.33 bits per heavy atom. The molecule has 0 amide bonds. The van der Waals surface area contributed by atoms with Crippen molar-refractivity contribution >= 4 is 5.82 Å². The van der Waals surface area contributed by atoms with Crippen LogP contribution in [0.3, 0.4) is 0 Å². The van der Waals surface area contributed by atoms with Crippen molar-refractivity contribution in [2.24, 2.45) is 0 Å². The highest BCUT2D eigenvalue weighted by atomic mass is 19.4. The first-order valence-electron chi connectivity index (χ1n) is 4.42. The Balaban J connectivity index is 2.11. The van der Waals surface area contributed by atoms with Crippen molar-refractivity contribution in [2.75, 3.05) is 18.4 Å². The standard InChI is InChI=1S/C8H9F3N4/c9-8(10,11)6-1-7(14-4-13-6)15-5-2-12-3-5/h1,4-5,12H,2-3H2,(H,13,14,15). The lowest BCUT2D eigenvalue weighted by Crippen LogP contribution is -2.51. The normalized spacial score (nSPS) is 17.3. The van der Waals surface area contributed by atoms with Crippen LogP contribution >= 0.6 is 0 Å². The minimum absolute atomic E-state index is 0.154. The molecule has 0 saturated carbocycles. The van der Waals surface area contributed by atoms with Gasteiger partial charge in [-0.2, -0.15) is 13.2 Å². The first kappa shape index (κ1) is 10.2. The van der Waals surface area contributed by atoms with Gasteiger partial charge in [-0.15, -0.1) is 0 Å². The maximum absolute atomic E-state index is 12.3. The van der Waals surface area contributed by atoms with Gasteiger partial charge in [0.25, 0.3) is 0 Å². The molecule has 2 heterocycles. The van der Waals surface area contributed by atoms with Crippen molar-refractivity contribution in [3.05, 3.63) is 18.1 Å². The van der Waals surface area contributed by atoms with Crippen LogP contribution < -0.4 is 10.6 Å². The zero-order valence-electron chi connectivity index (χ0n) is 7.67. The predicted octanol–water partition coefficient (Wildman–Crippen LogP) is 0.879. The average molecular weight is 218 g/mol. The van der Waals surface area contributed by atoms with Gasteiger partial charge in [0, 0.05) is 19.2 Å². The summed E-state index contributed by atoms with van der Waals surface area (Å²) in [5, 5.41) is 5.88. The molecule has 1 aromatic heterocycles. The third-order valence-corrected chi connectivity index (χ3v) is 2.09. The molecule has 2 N–H and O–H groups in total. The quantitative estimate of drug-likeness (QED) is 0.773. The van der Waals surface area contributed by atoms with Crippen LogP contribution in [0.5, 0.6) is 0 Å². The van der Waals surface area contributed by atoms with Crippen LogP contribution in [-0.2, 0) is 6.18 Å². The van der Waals surface area contributed by atoms with E-state index < -0.39 is 11.9 Å². The molecule has 0 atom stereocenters. The molecule has 0 radical (unpaired) electrons. The molecule has 0 bridgehead atoms. The van der Waals surface area contributed by atoms with Gasteiger partial charge in [-0.05, 0) is 0 Å². The van der Waals surface area contributed by atoms with Gasteiger partial charge in [0.15, 0.2) is 0 Å². The lowest BCUT2D eigenvalue weighted by Gasteiger charge is -2.28. The number of hydrogen-bond donors (Lipinski definition) is 2. The van der Waals surface area contributed by atoms with Crippen molar-refractivity contribution in [1.82, 2.24) is 15.3 Å². The third kappa shape index (κ3) is 2.35. The van der Waals surface area contributed by atoms with E-state index >= 15 is 0 Å². The predicted molar refractivity (Wildman–Crippen MR) is 47.3 cm³/mol. The Kier molecular flexibility index (Phi) is 2.47. The van der Waals surface area contributed by atoms with Gasteiger partial charge in [0.05, 0.1) is 6.04 Å². The number of rotatable bonds is 2. The number of nitrogens with zero attached hydrogens (tertiary/aromatic N) is 2. The van der Waals surface area contributed by atoms with Crippen molar-refractivity contribution in [3.63, 3.8) is 0 Å². The SMILES string of the molecule is FC(F)(F)c1cc(NC2CNC2)ncn1. The monoisotopic (exact) mass is 218 g/mol. The molecule has 1 saturated heterocycles. The number of hydrogen-bond acceptors (Lipinski definition) is 4. The molecule has 1 aliphatic rings. The molecule has 1 fully saturated rings. The number of alkyl halides is 3. The first-order chi connectivity index (χ1) is 7.05. The van der Waals surface area contributed by atoms with Crippen LogP contribution in [0.2, 0.25) is 0 Å². The topological polar surface area (TPSA) is 49.8 Å². The second-order valence-electron chi connectivity index (χ2n) is 3.29. The van der Waals surface area contributed by atoms with E-state index in [0.29, 0.717) is 0 Å². The van der Waals surface area contributed by atoms with E-state index in [0.717, 1.165) is 25.5 Å². The van der Waals surface area contributed by atoms with Crippen LogP contribution in [0.1, 0.15) is 5.69 Å². The van der Waals surface area contributed by atoms with Gasteiger partial charge in [-0.25, -0.2) is 9.97 Å². The fraction of sp³-hybridized carbons (Fsp3) is 0.500. The lowest BCUT2D eigenvalue weighted by molar-refractivity contribution is -0.141. The summed E-state index contributed by atoms with van der Waals surface area (Å²) in [6.45, 7) is 1.48. The maximum atomic E-state index is 12.3. The van der Waals surface area contributed by atoms with Crippen LogP contribution in [0.15, 0.2) is 12.4 Å². The molecular formula is C8H9F3N4. The lowest BCUT2D eigenvalue weighted by atomic mass is 10.2. The smallest absolute Gasteiger partial charge is 0.365 e. The summed E-state index contributed by atoms with van der Waals surface area (Å²) in [6.07, 6.45) is -3.51. The number of nitrogens with one attached hydrogen (secondary N) is 2. The largest absolute Gasteiger partial charge is 0.433 e. The Bertz CT molecular complexity index is 348. The fourth-order valence-electron chi connectivity index (χ4n) is 1.19. The molecular weight excluding hydrogens is 209 g/mol. The Labute approximate surface area is 83.9 Å². The highest BCUT2D eigenvalue weighted by molar-refractivity contribution is 5.37. The van der Waals surface area contributed by atoms with Crippen LogP contribution in [0, 0.1) is 0 Å². The first-order valence-corrected chi connectivity index (χ1v) is 4.42. The van der Waals surface area contributed by atoms with Gasteiger partial charge in [-0.3, -0.25) is 0 Å². The van der Waals surface area contributed by atoms with Crippen LogP contribution in [-0.4, -0.2) is 29.1 Å². The minimum atomic E-state index is -4.42. The van der Waals surface area contributed by atoms with Crippen molar-refractivity contribution in [2.45, 2.75) is 12.2 Å². The van der Waals surface area contributed by atoms with Crippen molar-refractivity contribution in [1.29, 1.82) is 0 Å². The fourth-order valence-corrected chi connectivity index (χ4v) is 1.19. The summed E-state index contributed by atoms with van der Waals surface area (Å²) < 4.78 is 36.8. The maximum Gasteiger partial charge on any atom is 0.433 e. The summed E-state index contributed by atoms with van der Waals surface area (Å²) in [5.74, 6) is 0.212. The molecule has 2 rings (SSSR count). The molecule has 4 nitrogen and oxygen atoms in total. The van der Waals surface area contributed by atoms with Crippen molar-refractivity contribution < 1.29 is 13.2 Å². The molecule has 0 aliphatic carbocycles. The zero-order valence-corrected chi connectivity index (χ0v) is 7.67. The van der Waals surface area contributed by atoms with Gasteiger partial charge in [0.1, 0.15) is 17.8 Å². The summed E-state index contributed by atoms with van der Waals surface area (Å²) >= 11 is 0. The molecule has 15 heavy (non-hydrogen) atoms. The summed E-state index contributed by atoms with van der Waals surface area (Å²) in [7, 11) is 0. The molecule has 1 aromatic rings. The van der Waals surface area contributed by atoms with Crippen LogP contribution in [0.25, 0.3) is 0 Å². The highest BCUT2D eigenvalue weighted by Gasteiger charge is 2.33. The van der Waals surface area contributed by atoms with Gasteiger partial charge in [0.2, 0.25) is 0 Å². The minimum Gasteiger partial charge on any atom is -0.365 e. The Morgan fingerprint density at radius 3 is 2.60 bits per heavy atom. The van der Waals surface area contributed by atoms with E-state index in [2.05, 4.69) is 20.6 Å². The summed E-state index contributed by atoms with van der Waals surface area (Å²) in [5.41, 5.74) is -0.924. The van der Waals surface area contributed by atoms with E-state index in [1.54, 1.807) is 0 Å². The summed E-state index contributed by atoms with van der Waals surface area (Å²) in [4.78, 5) is 6.89. The number of aromatic nitrogens is 2. The van der Waals surface area contributed by atoms with E-state index in [4.69, 9.17) is 0 Å². The molecule has 0 spiro atoms. The van der Waals surface area contributed by atoms with E-state index in [1.165, 1.54) is 0 Å². The molecule has 7 heteroatoms. The third-order valence-electron chi connectivity index (χ3n) is 2.09. The second-order valence-corrected chi connectivity index (χ2v) is 3.29. The van der Waals surface area contributed by atoms with Crippen molar-refractivity contribution in [3.8, 4) is 0 Å². The molecule has 82 valence electrons. The van der Waals surface area contributed by atoms with Gasteiger partial charge < -0.3 is 10.6 Å². The van der Waals surface area contributed by atoms with E-state index in [-0.39, 0.29) is 11.9 Å². The highest BCUT2D eigenvalue weighted by Crippen LogP contribution is 2.28. The van der Waals surface area contributed by atoms with E-state index in [1.807, 2.05) is 0 Å². The van der Waals surface area contributed by atoms with E-state index in [9.17, 15) is 13.2 Å².